The topological polar surface area (TPSA) is 195 Å². The first-order valence-electron chi connectivity index (χ1n) is 21.4. The van der Waals surface area contributed by atoms with Crippen molar-refractivity contribution >= 4 is 65.9 Å². The number of thiazole rings is 1. The lowest BCUT2D eigenvalue weighted by Gasteiger charge is -2.28. The predicted octanol–water partition coefficient (Wildman–Crippen LogP) is 8.81. The summed E-state index contributed by atoms with van der Waals surface area (Å²) < 4.78 is 55.0. The van der Waals surface area contributed by atoms with Gasteiger partial charge in [-0.15, -0.1) is 11.3 Å². The van der Waals surface area contributed by atoms with Crippen molar-refractivity contribution in [2.45, 2.75) is 49.6 Å². The highest BCUT2D eigenvalue weighted by Gasteiger charge is 2.38. The Bertz CT molecular complexity index is 3080. The van der Waals surface area contributed by atoms with Gasteiger partial charge in [0.25, 0.3) is 15.9 Å². The zero-order chi connectivity index (χ0) is 48.7. The van der Waals surface area contributed by atoms with Crippen molar-refractivity contribution in [2.24, 2.45) is 0 Å². The summed E-state index contributed by atoms with van der Waals surface area (Å²) in [5.41, 5.74) is 8.96. The third-order valence-corrected chi connectivity index (χ3v) is 14.9. The monoisotopic (exact) mass is 975 g/mol. The van der Waals surface area contributed by atoms with Crippen LogP contribution in [0.1, 0.15) is 50.4 Å². The normalized spacial score (nSPS) is 14.6. The van der Waals surface area contributed by atoms with Crippen LogP contribution in [0.25, 0.3) is 22.4 Å². The van der Waals surface area contributed by atoms with Crippen molar-refractivity contribution in [3.8, 4) is 17.2 Å². The van der Waals surface area contributed by atoms with Gasteiger partial charge in [-0.1, -0.05) is 60.7 Å². The number of pyridine rings is 1. The number of carbonyl (C=O) groups excluding carboxylic acids is 1. The number of aliphatic hydroxyl groups is 1. The number of imidazole rings is 1. The van der Waals surface area contributed by atoms with Crippen molar-refractivity contribution in [1.29, 1.82) is 0 Å². The summed E-state index contributed by atoms with van der Waals surface area (Å²) in [5.74, 6) is 1.63. The Morgan fingerprint density at radius 1 is 0.971 bits per heavy atom. The molecule has 0 spiro atoms. The number of rotatable bonds is 10. The maximum atomic E-state index is 12.7. The van der Waals surface area contributed by atoms with Gasteiger partial charge in [0.2, 0.25) is 0 Å². The number of amides is 1. The van der Waals surface area contributed by atoms with Gasteiger partial charge < -0.3 is 28.8 Å². The second-order valence-corrected chi connectivity index (χ2v) is 20.5. The minimum Gasteiger partial charge on any atom is -0.609 e. The molecule has 0 radical (unpaired) electrons. The van der Waals surface area contributed by atoms with E-state index < -0.39 is 27.1 Å². The van der Waals surface area contributed by atoms with Gasteiger partial charge >= 0.3 is 5.16 Å². The van der Waals surface area contributed by atoms with Crippen LogP contribution in [0, 0.1) is 20.8 Å². The van der Waals surface area contributed by atoms with Gasteiger partial charge in [-0.25, -0.2) is 13.4 Å². The van der Waals surface area contributed by atoms with Crippen molar-refractivity contribution in [3.63, 3.8) is 0 Å². The maximum Gasteiger partial charge on any atom is 0.322 e. The number of H-pyrrole nitrogens is 1. The number of ether oxygens (including phenoxy) is 3. The molecule has 0 saturated carbocycles. The quantitative estimate of drug-likeness (QED) is 0.110. The molecule has 1 unspecified atom stereocenters. The summed E-state index contributed by atoms with van der Waals surface area (Å²) in [6.45, 7) is 7.38. The van der Waals surface area contributed by atoms with Crippen LogP contribution in [-0.4, -0.2) is 95.0 Å². The Morgan fingerprint density at radius 3 is 2.38 bits per heavy atom. The van der Waals surface area contributed by atoms with Crippen LogP contribution in [0.3, 0.4) is 0 Å². The van der Waals surface area contributed by atoms with Gasteiger partial charge in [0.1, 0.15) is 23.9 Å². The summed E-state index contributed by atoms with van der Waals surface area (Å²) in [6.07, 6.45) is 6.70. The number of hydrogen-bond donors (Lipinski definition) is 3. The van der Waals surface area contributed by atoms with E-state index in [2.05, 4.69) is 92.8 Å². The number of methoxy groups -OCH3 is 2. The number of sulfonamides is 1. The van der Waals surface area contributed by atoms with Crippen molar-refractivity contribution < 1.29 is 37.1 Å². The van der Waals surface area contributed by atoms with Crippen LogP contribution in [0.4, 0.5) is 5.13 Å². The Morgan fingerprint density at radius 2 is 1.68 bits per heavy atom. The Hall–Kier alpha value is -6.70. The smallest absolute Gasteiger partial charge is 0.322 e. The maximum absolute atomic E-state index is 12.7. The molecule has 1 amide bonds. The van der Waals surface area contributed by atoms with E-state index >= 15 is 0 Å². The molecule has 4 aromatic carbocycles. The Labute approximate surface area is 403 Å². The molecule has 9 rings (SSSR count). The van der Waals surface area contributed by atoms with Gasteiger partial charge in [-0.2, -0.15) is 4.98 Å². The van der Waals surface area contributed by atoms with Crippen LogP contribution in [0.5, 0.6) is 17.2 Å². The fraction of sp³-hybridized carbons (Fsp3) is 0.240. The summed E-state index contributed by atoms with van der Waals surface area (Å²) in [4.78, 5) is 31.4. The first-order valence-corrected chi connectivity index (χ1v) is 25.0. The molecular formula is C50H53N7O8S3. The first kappa shape index (κ1) is 49.2. The first-order chi connectivity index (χ1) is 32.6. The molecule has 2 aliphatic heterocycles. The average molecular weight is 976 g/mol. The Balaban J connectivity index is 0.000000151. The minimum absolute atomic E-state index is 0.0401. The van der Waals surface area contributed by atoms with Gasteiger partial charge in [0.05, 0.1) is 35.8 Å². The molecule has 0 fully saturated rings. The number of aromatic amines is 1. The second kappa shape index (κ2) is 21.5. The van der Waals surface area contributed by atoms with Crippen LogP contribution < -0.4 is 19.5 Å². The molecule has 5 heterocycles. The summed E-state index contributed by atoms with van der Waals surface area (Å²) in [6, 6.07) is 28.4. The number of likely N-dealkylation sites (N-methyl/N-ethyl adjacent to an activating group) is 1. The number of hydrogen-bond acceptors (Lipinski definition) is 13. The SMILES string of the molecule is CN(C)CCC=C1c2ccccc2COc2ccccc21.COc1ccc2[nH]c([S+]([O-])Cc3ncc(C)c(OC)c3C)nc2c1.Cc1cnc(NC(=O)C2=C(O)c3ccccc3S(=O)(=O)N2C)s1. The summed E-state index contributed by atoms with van der Waals surface area (Å²) in [5, 5.41) is 13.6. The molecule has 0 saturated heterocycles. The molecule has 18 heteroatoms. The fourth-order valence-electron chi connectivity index (χ4n) is 7.57. The number of aryl methyl sites for hydroxylation is 2. The number of aromatic nitrogens is 4. The molecule has 354 valence electrons. The van der Waals surface area contributed by atoms with E-state index in [1.54, 1.807) is 38.7 Å². The molecule has 1 atom stereocenters. The number of nitrogens with zero attached hydrogens (tertiary/aromatic N) is 5. The van der Waals surface area contributed by atoms with E-state index in [1.807, 2.05) is 45.0 Å². The third kappa shape index (κ3) is 10.8. The highest BCUT2D eigenvalue weighted by Crippen LogP contribution is 2.38. The lowest BCUT2D eigenvalue weighted by atomic mass is 9.93. The molecular weight excluding hydrogens is 923 g/mol. The van der Waals surface area contributed by atoms with Crippen LogP contribution >= 0.6 is 11.3 Å². The van der Waals surface area contributed by atoms with Crippen molar-refractivity contribution in [1.82, 2.24) is 29.1 Å². The van der Waals surface area contributed by atoms with Gasteiger partial charge in [0, 0.05) is 70.4 Å². The molecule has 2 aliphatic rings. The predicted molar refractivity (Wildman–Crippen MR) is 267 cm³/mol. The number of benzene rings is 4. The van der Waals surface area contributed by atoms with Crippen LogP contribution in [-0.2, 0) is 38.4 Å². The van der Waals surface area contributed by atoms with Crippen LogP contribution in [0.2, 0.25) is 0 Å². The van der Waals surface area contributed by atoms with E-state index in [1.165, 1.54) is 52.8 Å². The van der Waals surface area contributed by atoms with Gasteiger partial charge in [-0.3, -0.25) is 24.4 Å². The van der Waals surface area contributed by atoms with E-state index in [-0.39, 0.29) is 27.7 Å². The summed E-state index contributed by atoms with van der Waals surface area (Å²) >= 11 is -0.0755. The molecule has 68 heavy (non-hydrogen) atoms. The number of aliphatic hydroxyl groups excluding tert-OH is 1. The van der Waals surface area contributed by atoms with Gasteiger partial charge in [-0.05, 0) is 88.3 Å². The standard InChI is InChI=1S/C19H21NO.C17H19N3O3S.C14H13N3O4S2/c1-20(2)13-7-11-17-16-9-4-3-8-15(16)14-21-19-12-6-5-10-18(17)19;1-10-8-18-15(11(2)16(10)23-4)9-24(21)17-19-13-6-5-12(22-3)7-14(13)20-17;1-8-7-15-14(22-8)16-13(19)11-12(18)9-5-3-4-6-10(9)23(20,21)17(11)2/h3-6,8-12H,7,13-14H2,1-2H3;5-8H,9H2,1-4H3,(H,19,20);3-7,18H,1-2H3,(H,15,16,19). The van der Waals surface area contributed by atoms with E-state index in [9.17, 15) is 22.9 Å². The number of anilines is 1. The third-order valence-electron chi connectivity index (χ3n) is 11.1. The summed E-state index contributed by atoms with van der Waals surface area (Å²) in [7, 11) is 4.77. The number of para-hydroxylation sites is 1. The van der Waals surface area contributed by atoms with E-state index in [0.29, 0.717) is 22.6 Å². The number of carbonyl (C=O) groups is 1. The highest BCUT2D eigenvalue weighted by molar-refractivity contribution is 7.90. The van der Waals surface area contributed by atoms with Crippen molar-refractivity contribution in [2.75, 3.05) is 47.2 Å². The number of nitrogens with one attached hydrogen (secondary N) is 2. The van der Waals surface area contributed by atoms with E-state index in [0.717, 1.165) is 61.5 Å². The molecule has 3 aromatic heterocycles. The van der Waals surface area contributed by atoms with Crippen molar-refractivity contribution in [3.05, 3.63) is 159 Å². The average Bonchev–Trinajstić information content (AvgIpc) is 3.92. The zero-order valence-electron chi connectivity index (χ0n) is 39.0. The highest BCUT2D eigenvalue weighted by atomic mass is 32.2. The fourth-order valence-corrected chi connectivity index (χ4v) is 10.7. The molecule has 0 aliphatic carbocycles. The minimum atomic E-state index is -3.90. The molecule has 0 bridgehead atoms. The van der Waals surface area contributed by atoms with Gasteiger partial charge in [0.15, 0.2) is 22.3 Å². The lowest BCUT2D eigenvalue weighted by molar-refractivity contribution is -0.113. The Kier molecular flexibility index (Phi) is 15.6. The molecule has 7 aromatic rings. The lowest BCUT2D eigenvalue weighted by Crippen LogP contribution is -2.37. The largest absolute Gasteiger partial charge is 0.609 e. The zero-order valence-corrected chi connectivity index (χ0v) is 41.4. The number of fused-ring (bicyclic) bond motifs is 4. The van der Waals surface area contributed by atoms with E-state index in [4.69, 9.17) is 14.2 Å². The second-order valence-electron chi connectivity index (χ2n) is 16.0. The van der Waals surface area contributed by atoms with Crippen LogP contribution in [0.15, 0.2) is 125 Å². The molecule has 3 N–H and O–H groups in total. The molecule has 15 nitrogen and oxygen atoms in total.